The lowest BCUT2D eigenvalue weighted by atomic mass is 10.4. The average Bonchev–Trinajstić information content (AvgIpc) is 2.59. The molecule has 0 fully saturated rings. The molecule has 0 radical (unpaired) electrons. The summed E-state index contributed by atoms with van der Waals surface area (Å²) in [5.74, 6) is 0. The Bertz CT molecular complexity index is 466. The Morgan fingerprint density at radius 3 is 1.23 bits per heavy atom. The topological polar surface area (TPSA) is 64.6 Å². The fraction of sp³-hybridized carbons (Fsp3) is 0.700. The second kappa shape index (κ2) is 20.5. The molecule has 0 saturated carbocycles. The summed E-state index contributed by atoms with van der Waals surface area (Å²) in [7, 11) is -1.69. The van der Waals surface area contributed by atoms with Gasteiger partial charge in [-0.15, -0.1) is 0 Å². The predicted molar refractivity (Wildman–Crippen MR) is 139 cm³/mol. The van der Waals surface area contributed by atoms with Crippen molar-refractivity contribution in [1.82, 2.24) is 0 Å². The first-order valence-corrected chi connectivity index (χ1v) is 13.2. The summed E-state index contributed by atoms with van der Waals surface area (Å²) in [6, 6.07) is 9.45. The van der Waals surface area contributed by atoms with Crippen molar-refractivity contribution in [2.24, 2.45) is 0 Å². The van der Waals surface area contributed by atoms with Crippen molar-refractivity contribution >= 4 is 31.6 Å². The minimum atomic E-state index is -3.39. The van der Waals surface area contributed by atoms with Crippen LogP contribution in [0.3, 0.4) is 0 Å². The van der Waals surface area contributed by atoms with E-state index in [0.29, 0.717) is 0 Å². The van der Waals surface area contributed by atoms with Crippen molar-refractivity contribution in [3.05, 3.63) is 30.3 Å². The van der Waals surface area contributed by atoms with E-state index in [9.17, 15) is 0 Å². The third-order valence-electron chi connectivity index (χ3n) is 3.28. The normalized spacial score (nSPS) is 11.8. The summed E-state index contributed by atoms with van der Waals surface area (Å²) in [5, 5.41) is 0.781. The van der Waals surface area contributed by atoms with Gasteiger partial charge < -0.3 is 30.4 Å². The molecule has 0 aromatic heterocycles. The fourth-order valence-electron chi connectivity index (χ4n) is 1.89. The summed E-state index contributed by atoms with van der Waals surface area (Å²) in [4.78, 5) is 0. The molecule has 188 valence electrons. The third-order valence-corrected chi connectivity index (χ3v) is 12.5. The van der Waals surface area contributed by atoms with Gasteiger partial charge in [0.05, 0.1) is 0 Å². The molecule has 0 amide bonds. The van der Waals surface area contributed by atoms with Gasteiger partial charge in [-0.2, -0.15) is 0 Å². The first kappa shape index (κ1) is 47.4. The molecule has 1 rings (SSSR count). The van der Waals surface area contributed by atoms with Gasteiger partial charge >= 0.3 is 26.4 Å². The van der Waals surface area contributed by atoms with Crippen LogP contribution in [0.15, 0.2) is 30.3 Å². The zero-order chi connectivity index (χ0) is 17.6. The molecular formula is C20H54O7Si3. The van der Waals surface area contributed by atoms with E-state index in [-0.39, 0.29) is 52.0 Å². The second-order valence-electron chi connectivity index (χ2n) is 5.05. The molecule has 0 heterocycles. The summed E-state index contributed by atoms with van der Waals surface area (Å²) in [5.41, 5.74) is 0. The van der Waals surface area contributed by atoms with Crippen molar-refractivity contribution in [1.29, 1.82) is 0 Å². The minimum Gasteiger partial charge on any atom is -0.398 e. The smallest absolute Gasteiger partial charge is 0.398 e. The van der Waals surface area contributed by atoms with E-state index in [1.165, 1.54) is 21.3 Å². The zero-order valence-corrected chi connectivity index (χ0v) is 17.7. The van der Waals surface area contributed by atoms with Crippen molar-refractivity contribution in [3.63, 3.8) is 0 Å². The second-order valence-corrected chi connectivity index (χ2v) is 14.2. The van der Waals surface area contributed by atoms with Gasteiger partial charge in [0.1, 0.15) is 0 Å². The van der Waals surface area contributed by atoms with Gasteiger partial charge in [0, 0.05) is 40.7 Å². The first-order chi connectivity index (χ1) is 10.8. The fourth-order valence-corrected chi connectivity index (χ4v) is 10.6. The third kappa shape index (κ3) is 11.8. The average molecular weight is 491 g/mol. The summed E-state index contributed by atoms with van der Waals surface area (Å²) >= 11 is 0. The maximum atomic E-state index is 6.28. The Kier molecular flexibility index (Phi) is 32.4. The van der Waals surface area contributed by atoms with Gasteiger partial charge in [-0.05, 0) is 13.1 Å². The van der Waals surface area contributed by atoms with Crippen molar-refractivity contribution in [2.45, 2.75) is 65.1 Å². The Balaban J connectivity index is -0.000000151. The van der Waals surface area contributed by atoms with Gasteiger partial charge in [0.15, 0.2) is 0 Å². The lowest BCUT2D eigenvalue weighted by Crippen LogP contribution is -2.68. The highest BCUT2D eigenvalue weighted by Gasteiger charge is 2.58. The van der Waals surface area contributed by atoms with Gasteiger partial charge in [0.2, 0.25) is 0 Å². The van der Waals surface area contributed by atoms with Crippen LogP contribution in [0.25, 0.3) is 0 Å². The monoisotopic (exact) mass is 490 g/mol. The van der Waals surface area contributed by atoms with Gasteiger partial charge in [0.25, 0.3) is 0 Å². The van der Waals surface area contributed by atoms with Crippen LogP contribution in [0.5, 0.6) is 0 Å². The van der Waals surface area contributed by atoms with E-state index >= 15 is 0 Å². The van der Waals surface area contributed by atoms with Gasteiger partial charge in [-0.3, -0.25) is 0 Å². The van der Waals surface area contributed by atoms with Crippen LogP contribution in [0.4, 0.5) is 0 Å². The lowest BCUT2D eigenvalue weighted by molar-refractivity contribution is 0.0236. The molecule has 0 spiro atoms. The molecule has 0 aliphatic heterocycles. The number of rotatable bonds is 10. The molecule has 1 aromatic rings. The van der Waals surface area contributed by atoms with E-state index in [1.807, 2.05) is 43.4 Å². The first-order valence-electron chi connectivity index (χ1n) is 7.04. The van der Waals surface area contributed by atoms with E-state index in [4.69, 9.17) is 30.4 Å². The Labute approximate surface area is 193 Å². The molecule has 0 saturated heterocycles. The van der Waals surface area contributed by atoms with Crippen LogP contribution in [0, 0.1) is 0 Å². The Hall–Kier alpha value is -0.409. The molecule has 1 unspecified atom stereocenters. The summed E-state index contributed by atoms with van der Waals surface area (Å²) in [6.45, 7) is 3.82. The van der Waals surface area contributed by atoms with E-state index in [0.717, 1.165) is 5.19 Å². The highest BCUT2D eigenvalue weighted by molar-refractivity contribution is 6.88. The zero-order valence-electron chi connectivity index (χ0n) is 14.7. The van der Waals surface area contributed by atoms with Crippen molar-refractivity contribution in [2.75, 3.05) is 35.5 Å². The summed E-state index contributed by atoms with van der Waals surface area (Å²) in [6.07, 6.45) is 0. The molecule has 1 aromatic carbocycles. The molecule has 0 N–H and O–H groups in total. The van der Waals surface area contributed by atoms with E-state index < -0.39 is 26.4 Å². The summed E-state index contributed by atoms with van der Waals surface area (Å²) < 4.78 is 39.9. The van der Waals surface area contributed by atoms with Crippen LogP contribution in [-0.4, -0.2) is 62.0 Å². The van der Waals surface area contributed by atoms with Crippen LogP contribution >= 0.6 is 0 Å². The highest BCUT2D eigenvalue weighted by atomic mass is 28.5. The quantitative estimate of drug-likeness (QED) is 0.390. The Morgan fingerprint density at radius 1 is 0.533 bits per heavy atom. The predicted octanol–water partition coefficient (Wildman–Crippen LogP) is 5.69. The Morgan fingerprint density at radius 2 is 0.933 bits per heavy atom. The highest BCUT2D eigenvalue weighted by Crippen LogP contribution is 2.23. The van der Waals surface area contributed by atoms with E-state index in [1.54, 1.807) is 14.2 Å². The molecule has 0 aliphatic rings. The van der Waals surface area contributed by atoms with Crippen molar-refractivity contribution in [3.8, 4) is 0 Å². The largest absolute Gasteiger partial charge is 0.671 e. The minimum absolute atomic E-state index is 0. The van der Waals surface area contributed by atoms with Crippen LogP contribution < -0.4 is 5.19 Å². The molecule has 30 heavy (non-hydrogen) atoms. The lowest BCUT2D eigenvalue weighted by Gasteiger charge is -2.38. The SMILES string of the molecule is C.C.C.C.C.C.C.CO[Si](C)(C)O[Si](OC)(O[Si](OC)(OC)OC)c1ccccc1. The maximum Gasteiger partial charge on any atom is 0.671 e. The maximum absolute atomic E-state index is 6.28. The standard InChI is InChI=1S/C13H26O7Si3.7CH4/c1-14-21(6,7)19-22(15-2,13-11-9-8-10-12-13)20-23(16-3,17-4)18-5;;;;;;;/h8-12H,1-7H3;7*1H4. The van der Waals surface area contributed by atoms with Crippen molar-refractivity contribution < 1.29 is 30.4 Å². The molecule has 0 bridgehead atoms. The molecule has 10 heteroatoms. The number of hydrogen-bond acceptors (Lipinski definition) is 7. The molecular weight excluding hydrogens is 436 g/mol. The van der Waals surface area contributed by atoms with E-state index in [2.05, 4.69) is 0 Å². The molecule has 0 aliphatic carbocycles. The molecule has 7 nitrogen and oxygen atoms in total. The molecule has 1 atom stereocenters. The number of hydrogen-bond donors (Lipinski definition) is 0. The number of benzene rings is 1. The van der Waals surface area contributed by atoms with Gasteiger partial charge in [-0.1, -0.05) is 82.3 Å². The van der Waals surface area contributed by atoms with Crippen LogP contribution in [0.1, 0.15) is 52.0 Å². The van der Waals surface area contributed by atoms with Gasteiger partial charge in [-0.25, -0.2) is 0 Å². The van der Waals surface area contributed by atoms with Crippen LogP contribution in [-0.2, 0) is 30.4 Å². The van der Waals surface area contributed by atoms with Crippen LogP contribution in [0.2, 0.25) is 13.1 Å².